The summed E-state index contributed by atoms with van der Waals surface area (Å²) in [4.78, 5) is 19.8. The zero-order valence-corrected chi connectivity index (χ0v) is 18.1. The second kappa shape index (κ2) is 8.40. The van der Waals surface area contributed by atoms with Gasteiger partial charge in [0, 0.05) is 22.7 Å². The first-order valence-corrected chi connectivity index (χ1v) is 11.3. The molecule has 0 aliphatic carbocycles. The Bertz CT molecular complexity index is 1200. The van der Waals surface area contributed by atoms with E-state index in [4.69, 9.17) is 4.42 Å². The molecule has 0 saturated carbocycles. The van der Waals surface area contributed by atoms with Crippen LogP contribution in [-0.4, -0.2) is 16.9 Å². The Morgan fingerprint density at radius 1 is 1.16 bits per heavy atom. The van der Waals surface area contributed by atoms with E-state index in [9.17, 15) is 4.79 Å². The van der Waals surface area contributed by atoms with Gasteiger partial charge in [0.25, 0.3) is 5.91 Å². The number of thiazole rings is 1. The number of aromatic nitrogens is 1. The van der Waals surface area contributed by atoms with Gasteiger partial charge in [-0.25, -0.2) is 4.98 Å². The van der Waals surface area contributed by atoms with E-state index in [1.165, 1.54) is 11.3 Å². The van der Waals surface area contributed by atoms with Crippen molar-refractivity contribution >= 4 is 22.9 Å². The van der Waals surface area contributed by atoms with Crippen LogP contribution in [0, 0.1) is 0 Å². The molecule has 1 unspecified atom stereocenters. The van der Waals surface area contributed by atoms with Crippen molar-refractivity contribution in [3.8, 4) is 11.3 Å². The van der Waals surface area contributed by atoms with Crippen LogP contribution >= 0.6 is 11.3 Å². The number of hydrogen-bond acceptors (Lipinski definition) is 5. The Labute approximate surface area is 185 Å². The molecule has 4 aromatic rings. The van der Waals surface area contributed by atoms with Crippen LogP contribution in [0.3, 0.4) is 0 Å². The van der Waals surface area contributed by atoms with Crippen LogP contribution in [0.1, 0.15) is 33.6 Å². The molecule has 5 rings (SSSR count). The third-order valence-electron chi connectivity index (χ3n) is 5.67. The van der Waals surface area contributed by atoms with E-state index in [2.05, 4.69) is 46.4 Å². The molecule has 6 heteroatoms. The molecule has 2 aromatic heterocycles. The van der Waals surface area contributed by atoms with Gasteiger partial charge in [0.1, 0.15) is 10.8 Å². The van der Waals surface area contributed by atoms with Crippen LogP contribution < -0.4 is 10.2 Å². The van der Waals surface area contributed by atoms with Gasteiger partial charge in [0.2, 0.25) is 0 Å². The first-order valence-electron chi connectivity index (χ1n) is 10.4. The van der Waals surface area contributed by atoms with Gasteiger partial charge >= 0.3 is 0 Å². The smallest absolute Gasteiger partial charge is 0.255 e. The Kier molecular flexibility index (Phi) is 5.30. The number of fused-ring (bicyclic) bond motifs is 1. The average molecular weight is 430 g/mol. The molecule has 31 heavy (non-hydrogen) atoms. The quantitative estimate of drug-likeness (QED) is 0.453. The van der Waals surface area contributed by atoms with E-state index in [0.717, 1.165) is 22.7 Å². The summed E-state index contributed by atoms with van der Waals surface area (Å²) in [6.07, 6.45) is 2.60. The molecule has 0 saturated heterocycles. The molecule has 1 N–H and O–H groups in total. The number of anilines is 1. The molecule has 0 radical (unpaired) electrons. The lowest BCUT2D eigenvalue weighted by Crippen LogP contribution is -2.30. The van der Waals surface area contributed by atoms with Crippen molar-refractivity contribution in [1.82, 2.24) is 10.3 Å². The molecule has 1 aliphatic heterocycles. The fourth-order valence-corrected chi connectivity index (χ4v) is 4.82. The molecule has 3 heterocycles. The number of hydrogen-bond donors (Lipinski definition) is 1. The van der Waals surface area contributed by atoms with E-state index >= 15 is 0 Å². The Hall–Kier alpha value is -3.38. The lowest BCUT2D eigenvalue weighted by atomic mass is 10.1. The molecule has 1 amide bonds. The predicted molar refractivity (Wildman–Crippen MR) is 123 cm³/mol. The highest BCUT2D eigenvalue weighted by atomic mass is 32.1. The van der Waals surface area contributed by atoms with Gasteiger partial charge in [0.05, 0.1) is 30.6 Å². The van der Waals surface area contributed by atoms with Crippen molar-refractivity contribution in [2.75, 3.05) is 4.90 Å². The van der Waals surface area contributed by atoms with E-state index < -0.39 is 0 Å². The molecule has 0 bridgehead atoms. The van der Waals surface area contributed by atoms with E-state index in [1.807, 2.05) is 35.7 Å². The molecular weight excluding hydrogens is 406 g/mol. The summed E-state index contributed by atoms with van der Waals surface area (Å²) >= 11 is 1.55. The van der Waals surface area contributed by atoms with Gasteiger partial charge < -0.3 is 14.6 Å². The third-order valence-corrected chi connectivity index (χ3v) is 6.52. The van der Waals surface area contributed by atoms with E-state index in [-0.39, 0.29) is 5.91 Å². The summed E-state index contributed by atoms with van der Waals surface area (Å²) in [5, 5.41) is 5.89. The van der Waals surface area contributed by atoms with Crippen molar-refractivity contribution < 1.29 is 9.21 Å². The van der Waals surface area contributed by atoms with E-state index in [0.29, 0.717) is 30.5 Å². The van der Waals surface area contributed by atoms with Crippen LogP contribution in [-0.2, 0) is 19.5 Å². The van der Waals surface area contributed by atoms with Gasteiger partial charge in [-0.05, 0) is 31.0 Å². The number of para-hydroxylation sites is 1. The maximum absolute atomic E-state index is 12.9. The summed E-state index contributed by atoms with van der Waals surface area (Å²) in [6.45, 7) is 3.17. The molecule has 2 aromatic carbocycles. The number of nitrogens with one attached hydrogen (secondary N) is 1. The molecule has 156 valence electrons. The first-order chi connectivity index (χ1) is 15.2. The lowest BCUT2D eigenvalue weighted by Gasteiger charge is -2.24. The molecule has 0 spiro atoms. The second-order valence-electron chi connectivity index (χ2n) is 7.74. The summed E-state index contributed by atoms with van der Waals surface area (Å²) in [5.41, 5.74) is 5.14. The van der Waals surface area contributed by atoms with Gasteiger partial charge in [-0.2, -0.15) is 0 Å². The largest absolute Gasteiger partial charge is 0.467 e. The van der Waals surface area contributed by atoms with Crippen LogP contribution in [0.25, 0.3) is 11.3 Å². The molecule has 5 nitrogen and oxygen atoms in total. The Balaban J connectivity index is 1.26. The van der Waals surface area contributed by atoms with Crippen molar-refractivity contribution in [3.63, 3.8) is 0 Å². The maximum Gasteiger partial charge on any atom is 0.255 e. The summed E-state index contributed by atoms with van der Waals surface area (Å²) in [7, 11) is 0. The van der Waals surface area contributed by atoms with Gasteiger partial charge in [-0.3, -0.25) is 4.79 Å². The fourth-order valence-electron chi connectivity index (χ4n) is 4.08. The number of benzene rings is 2. The number of rotatable bonds is 6. The predicted octanol–water partition coefficient (Wildman–Crippen LogP) is 5.28. The topological polar surface area (TPSA) is 58.4 Å². The Morgan fingerprint density at radius 2 is 1.97 bits per heavy atom. The molecular formula is C25H23N3O2S. The van der Waals surface area contributed by atoms with Gasteiger partial charge in [0.15, 0.2) is 0 Å². The van der Waals surface area contributed by atoms with Crippen LogP contribution in [0.4, 0.5) is 5.69 Å². The summed E-state index contributed by atoms with van der Waals surface area (Å²) in [6, 6.07) is 20.6. The zero-order chi connectivity index (χ0) is 21.2. The zero-order valence-electron chi connectivity index (χ0n) is 17.2. The first kappa shape index (κ1) is 19.6. The van der Waals surface area contributed by atoms with Crippen molar-refractivity contribution in [3.05, 3.63) is 94.2 Å². The molecule has 1 aliphatic rings. The third kappa shape index (κ3) is 3.99. The number of amides is 1. The highest BCUT2D eigenvalue weighted by Gasteiger charge is 2.28. The van der Waals surface area contributed by atoms with Crippen LogP contribution in [0.2, 0.25) is 0 Å². The normalized spacial score (nSPS) is 15.1. The number of carbonyl (C=O) groups is 1. The number of furan rings is 1. The van der Waals surface area contributed by atoms with Crippen molar-refractivity contribution in [1.29, 1.82) is 0 Å². The SMILES string of the molecule is CC1Cc2ccccc2N1Cc1occc1C(=O)NCc1nc(-c2ccccc2)cs1. The van der Waals surface area contributed by atoms with Gasteiger partial charge in [-0.1, -0.05) is 48.5 Å². The van der Waals surface area contributed by atoms with Crippen LogP contribution in [0.15, 0.2) is 76.7 Å². The number of nitrogens with zero attached hydrogens (tertiary/aromatic N) is 2. The summed E-state index contributed by atoms with van der Waals surface area (Å²) < 4.78 is 5.71. The maximum atomic E-state index is 12.9. The highest BCUT2D eigenvalue weighted by molar-refractivity contribution is 7.09. The van der Waals surface area contributed by atoms with Crippen molar-refractivity contribution in [2.45, 2.75) is 32.5 Å². The standard InChI is InChI=1S/C25H23N3O2S/c1-17-13-19-9-5-6-10-22(19)28(17)15-23-20(11-12-30-23)25(29)26-14-24-27-21(16-31-24)18-7-3-2-4-8-18/h2-12,16-17H,13-15H2,1H3,(H,26,29). The Morgan fingerprint density at radius 3 is 2.84 bits per heavy atom. The lowest BCUT2D eigenvalue weighted by molar-refractivity contribution is 0.0949. The fraction of sp³-hybridized carbons (Fsp3) is 0.200. The van der Waals surface area contributed by atoms with Gasteiger partial charge in [-0.15, -0.1) is 11.3 Å². The monoisotopic (exact) mass is 429 g/mol. The highest BCUT2D eigenvalue weighted by Crippen LogP contribution is 2.33. The minimum absolute atomic E-state index is 0.139. The second-order valence-corrected chi connectivity index (χ2v) is 8.69. The number of carbonyl (C=O) groups excluding carboxylic acids is 1. The van der Waals surface area contributed by atoms with E-state index in [1.54, 1.807) is 23.7 Å². The minimum atomic E-state index is -0.139. The summed E-state index contributed by atoms with van der Waals surface area (Å²) in [5.74, 6) is 0.547. The minimum Gasteiger partial charge on any atom is -0.467 e. The van der Waals surface area contributed by atoms with Crippen LogP contribution in [0.5, 0.6) is 0 Å². The average Bonchev–Trinajstić information content (AvgIpc) is 3.53. The molecule has 1 atom stereocenters. The van der Waals surface area contributed by atoms with Crippen molar-refractivity contribution in [2.24, 2.45) is 0 Å². The molecule has 0 fully saturated rings.